The van der Waals surface area contributed by atoms with E-state index in [1.165, 1.54) is 24.8 Å². The van der Waals surface area contributed by atoms with Gasteiger partial charge in [-0.3, -0.25) is 4.99 Å². The van der Waals surface area contributed by atoms with Crippen molar-refractivity contribution in [3.63, 3.8) is 0 Å². The molecule has 2 aliphatic rings. The van der Waals surface area contributed by atoms with Crippen LogP contribution in [0.2, 0.25) is 0 Å². The fraction of sp³-hybridized carbons (Fsp3) is 0.611. The van der Waals surface area contributed by atoms with Gasteiger partial charge in [-0.25, -0.2) is 0 Å². The Kier molecular flexibility index (Phi) is 7.81. The smallest absolute Gasteiger partial charge is 0.188 e. The first-order chi connectivity index (χ1) is 11.2. The molecule has 1 heterocycles. The Morgan fingerprint density at radius 2 is 1.92 bits per heavy atom. The van der Waals surface area contributed by atoms with Crippen LogP contribution in [0.25, 0.3) is 0 Å². The SMILES string of the molecule is I.NC(=NCC1(c2ccc(Br)cc2)CCOCC1)NCC1CCC1. The maximum Gasteiger partial charge on any atom is 0.188 e. The summed E-state index contributed by atoms with van der Waals surface area (Å²) in [5.74, 6) is 1.37. The van der Waals surface area contributed by atoms with Gasteiger partial charge in [-0.2, -0.15) is 0 Å². The zero-order valence-electron chi connectivity index (χ0n) is 14.0. The number of nitrogens with two attached hydrogens (primary N) is 1. The number of guanidine groups is 1. The number of rotatable bonds is 5. The van der Waals surface area contributed by atoms with Crippen molar-refractivity contribution < 1.29 is 4.74 Å². The van der Waals surface area contributed by atoms with E-state index in [9.17, 15) is 0 Å². The van der Waals surface area contributed by atoms with Gasteiger partial charge in [0.1, 0.15) is 0 Å². The molecule has 134 valence electrons. The van der Waals surface area contributed by atoms with E-state index < -0.39 is 0 Å². The average molecular weight is 508 g/mol. The molecule has 0 atom stereocenters. The summed E-state index contributed by atoms with van der Waals surface area (Å²) in [4.78, 5) is 4.67. The predicted molar refractivity (Wildman–Crippen MR) is 113 cm³/mol. The molecule has 0 radical (unpaired) electrons. The summed E-state index contributed by atoms with van der Waals surface area (Å²) in [6, 6.07) is 8.61. The Morgan fingerprint density at radius 3 is 2.50 bits per heavy atom. The summed E-state index contributed by atoms with van der Waals surface area (Å²) in [6.45, 7) is 3.27. The number of hydrogen-bond donors (Lipinski definition) is 2. The summed E-state index contributed by atoms with van der Waals surface area (Å²) in [6.07, 6.45) is 5.99. The number of nitrogens with zero attached hydrogens (tertiary/aromatic N) is 1. The van der Waals surface area contributed by atoms with Gasteiger partial charge >= 0.3 is 0 Å². The molecule has 1 saturated heterocycles. The number of ether oxygens (including phenoxy) is 1. The normalized spacial score (nSPS) is 20.8. The molecule has 0 amide bonds. The van der Waals surface area contributed by atoms with Crippen molar-refractivity contribution in [2.24, 2.45) is 16.6 Å². The first-order valence-electron chi connectivity index (χ1n) is 8.56. The van der Waals surface area contributed by atoms with Crippen molar-refractivity contribution in [3.05, 3.63) is 34.3 Å². The Labute approximate surface area is 170 Å². The summed E-state index contributed by atoms with van der Waals surface area (Å²) in [7, 11) is 0. The van der Waals surface area contributed by atoms with Crippen molar-refractivity contribution in [3.8, 4) is 0 Å². The molecule has 0 spiro atoms. The average Bonchev–Trinajstić information content (AvgIpc) is 2.53. The molecule has 0 unspecified atom stereocenters. The van der Waals surface area contributed by atoms with Crippen LogP contribution in [0.15, 0.2) is 33.7 Å². The molecule has 1 aromatic rings. The molecule has 4 nitrogen and oxygen atoms in total. The molecule has 3 N–H and O–H groups in total. The number of nitrogens with one attached hydrogen (secondary N) is 1. The van der Waals surface area contributed by atoms with Crippen molar-refractivity contribution in [1.29, 1.82) is 0 Å². The van der Waals surface area contributed by atoms with Crippen LogP contribution >= 0.6 is 39.9 Å². The van der Waals surface area contributed by atoms with Gasteiger partial charge in [0.25, 0.3) is 0 Å². The van der Waals surface area contributed by atoms with E-state index in [1.807, 2.05) is 0 Å². The van der Waals surface area contributed by atoms with Gasteiger partial charge in [-0.1, -0.05) is 34.5 Å². The highest BCUT2D eigenvalue weighted by Crippen LogP contribution is 2.35. The molecule has 3 rings (SSSR count). The van der Waals surface area contributed by atoms with Crippen LogP contribution in [0.3, 0.4) is 0 Å². The fourth-order valence-corrected chi connectivity index (χ4v) is 3.61. The van der Waals surface area contributed by atoms with Gasteiger partial charge in [-0.15, -0.1) is 24.0 Å². The van der Waals surface area contributed by atoms with Crippen molar-refractivity contribution in [2.75, 3.05) is 26.3 Å². The number of halogens is 2. The van der Waals surface area contributed by atoms with Crippen molar-refractivity contribution >= 4 is 45.9 Å². The largest absolute Gasteiger partial charge is 0.381 e. The van der Waals surface area contributed by atoms with Crippen LogP contribution in [-0.4, -0.2) is 32.3 Å². The van der Waals surface area contributed by atoms with Gasteiger partial charge in [-0.05, 0) is 49.3 Å². The van der Waals surface area contributed by atoms with Gasteiger partial charge < -0.3 is 15.8 Å². The van der Waals surface area contributed by atoms with Gasteiger partial charge in [0, 0.05) is 29.6 Å². The third-order valence-electron chi connectivity index (χ3n) is 5.26. The van der Waals surface area contributed by atoms with Crippen LogP contribution in [0.4, 0.5) is 0 Å². The lowest BCUT2D eigenvalue weighted by Gasteiger charge is -2.36. The fourth-order valence-electron chi connectivity index (χ4n) is 3.34. The predicted octanol–water partition coefficient (Wildman–Crippen LogP) is 3.82. The summed E-state index contributed by atoms with van der Waals surface area (Å²) >= 11 is 3.51. The molecule has 1 aliphatic heterocycles. The second kappa shape index (κ2) is 9.38. The maximum absolute atomic E-state index is 6.08. The van der Waals surface area contributed by atoms with E-state index in [4.69, 9.17) is 10.5 Å². The molecular weight excluding hydrogens is 481 g/mol. The highest BCUT2D eigenvalue weighted by Gasteiger charge is 2.34. The van der Waals surface area contributed by atoms with E-state index in [0.717, 1.165) is 49.5 Å². The summed E-state index contributed by atoms with van der Waals surface area (Å²) in [5.41, 5.74) is 7.46. The molecular formula is C18H27BrIN3O. The lowest BCUT2D eigenvalue weighted by atomic mass is 9.74. The highest BCUT2D eigenvalue weighted by molar-refractivity contribution is 14.0. The van der Waals surface area contributed by atoms with Crippen LogP contribution in [0.5, 0.6) is 0 Å². The second-order valence-corrected chi connectivity index (χ2v) is 7.69. The molecule has 1 aromatic carbocycles. The van der Waals surface area contributed by atoms with Crippen molar-refractivity contribution in [1.82, 2.24) is 5.32 Å². The van der Waals surface area contributed by atoms with Crippen LogP contribution in [0.1, 0.15) is 37.7 Å². The third-order valence-corrected chi connectivity index (χ3v) is 5.78. The van der Waals surface area contributed by atoms with Crippen molar-refractivity contribution in [2.45, 2.75) is 37.5 Å². The lowest BCUT2D eigenvalue weighted by Crippen LogP contribution is -2.40. The minimum Gasteiger partial charge on any atom is -0.381 e. The van der Waals surface area contributed by atoms with E-state index in [1.54, 1.807) is 0 Å². The standard InChI is InChI=1S/C18H26BrN3O.HI/c19-16-6-4-15(5-7-16)18(8-10-23-11-9-18)13-22-17(20)21-12-14-2-1-3-14;/h4-7,14H,1-3,8-13H2,(H3,20,21,22);1H. The van der Waals surface area contributed by atoms with E-state index in [2.05, 4.69) is 50.5 Å². The number of hydrogen-bond acceptors (Lipinski definition) is 2. The van der Waals surface area contributed by atoms with E-state index in [-0.39, 0.29) is 29.4 Å². The Hall–Kier alpha value is -0.340. The number of aliphatic imine (C=N–C) groups is 1. The Morgan fingerprint density at radius 1 is 1.25 bits per heavy atom. The zero-order chi connectivity index (χ0) is 16.1. The lowest BCUT2D eigenvalue weighted by molar-refractivity contribution is 0.0531. The summed E-state index contributed by atoms with van der Waals surface area (Å²) < 4.78 is 6.68. The zero-order valence-corrected chi connectivity index (χ0v) is 17.9. The first-order valence-corrected chi connectivity index (χ1v) is 9.35. The van der Waals surface area contributed by atoms with Gasteiger partial charge in [0.15, 0.2) is 5.96 Å². The molecule has 0 bridgehead atoms. The maximum atomic E-state index is 6.08. The molecule has 1 aliphatic carbocycles. The number of benzene rings is 1. The first kappa shape index (κ1) is 20.0. The Balaban J connectivity index is 0.00000208. The topological polar surface area (TPSA) is 59.6 Å². The highest BCUT2D eigenvalue weighted by atomic mass is 127. The van der Waals surface area contributed by atoms with Gasteiger partial charge in [0.2, 0.25) is 0 Å². The minimum absolute atomic E-state index is 0. The quantitative estimate of drug-likeness (QED) is 0.362. The van der Waals surface area contributed by atoms with Gasteiger partial charge in [0.05, 0.1) is 6.54 Å². The van der Waals surface area contributed by atoms with E-state index in [0.29, 0.717) is 5.96 Å². The molecule has 0 aromatic heterocycles. The monoisotopic (exact) mass is 507 g/mol. The third kappa shape index (κ3) is 5.08. The second-order valence-electron chi connectivity index (χ2n) is 6.78. The van der Waals surface area contributed by atoms with Crippen LogP contribution < -0.4 is 11.1 Å². The Bertz CT molecular complexity index is 540. The van der Waals surface area contributed by atoms with Crippen LogP contribution in [-0.2, 0) is 10.2 Å². The minimum atomic E-state index is 0. The summed E-state index contributed by atoms with van der Waals surface area (Å²) in [5, 5.41) is 3.29. The molecule has 2 fully saturated rings. The van der Waals surface area contributed by atoms with E-state index >= 15 is 0 Å². The van der Waals surface area contributed by atoms with Crippen LogP contribution in [0, 0.1) is 5.92 Å². The molecule has 24 heavy (non-hydrogen) atoms. The molecule has 6 heteroatoms. The molecule has 1 saturated carbocycles.